The first kappa shape index (κ1) is 16.9. The summed E-state index contributed by atoms with van der Waals surface area (Å²) >= 11 is 0. The van der Waals surface area contributed by atoms with Gasteiger partial charge < -0.3 is 21.3 Å². The van der Waals surface area contributed by atoms with E-state index in [-0.39, 0.29) is 6.54 Å². The molecule has 1 fully saturated rings. The molecule has 0 bridgehead atoms. The summed E-state index contributed by atoms with van der Waals surface area (Å²) in [5.74, 6) is -1.71. The van der Waals surface area contributed by atoms with Gasteiger partial charge in [-0.3, -0.25) is 9.59 Å². The second-order valence-electron chi connectivity index (χ2n) is 4.59. The summed E-state index contributed by atoms with van der Waals surface area (Å²) in [6.07, 6.45) is 7.41. The Kier molecular flexibility index (Phi) is 9.22. The summed E-state index contributed by atoms with van der Waals surface area (Å²) in [6.45, 7) is 1.53. The van der Waals surface area contributed by atoms with E-state index in [1.165, 1.54) is 32.6 Å². The number of carbonyl (C=O) groups is 2. The quantitative estimate of drug-likeness (QED) is 0.556. The third-order valence-corrected chi connectivity index (χ3v) is 2.79. The highest BCUT2D eigenvalue weighted by molar-refractivity contribution is 5.72. The van der Waals surface area contributed by atoms with Gasteiger partial charge in [-0.25, -0.2) is 0 Å². The summed E-state index contributed by atoms with van der Waals surface area (Å²) in [5.41, 5.74) is 4.84. The number of carboxylic acids is 2. The lowest BCUT2D eigenvalue weighted by atomic mass is 10.1. The van der Waals surface area contributed by atoms with Gasteiger partial charge >= 0.3 is 11.9 Å². The lowest BCUT2D eigenvalue weighted by Gasteiger charge is -2.13. The van der Waals surface area contributed by atoms with Crippen LogP contribution in [0.5, 0.6) is 0 Å². The number of nitrogens with two attached hydrogens (primary N) is 1. The Morgan fingerprint density at radius 2 is 1.67 bits per heavy atom. The summed E-state index contributed by atoms with van der Waals surface area (Å²) < 4.78 is 0. The van der Waals surface area contributed by atoms with Crippen molar-refractivity contribution in [3.05, 3.63) is 0 Å². The Morgan fingerprint density at radius 3 is 2.00 bits per heavy atom. The zero-order valence-electron chi connectivity index (χ0n) is 10.9. The van der Waals surface area contributed by atoms with E-state index in [1.54, 1.807) is 0 Å². The molecule has 1 saturated carbocycles. The number of carboxylic acid groups (broad SMARTS) is 2. The maximum Gasteiger partial charge on any atom is 0.320 e. The number of aliphatic carboxylic acids is 2. The minimum Gasteiger partial charge on any atom is -0.480 e. The maximum atomic E-state index is 10.3. The molecule has 0 spiro atoms. The molecule has 0 saturated heterocycles. The van der Waals surface area contributed by atoms with Gasteiger partial charge in [-0.15, -0.1) is 0 Å². The van der Waals surface area contributed by atoms with E-state index in [1.807, 2.05) is 0 Å². The largest absolute Gasteiger partial charge is 0.480 e. The van der Waals surface area contributed by atoms with Crippen LogP contribution in [0.15, 0.2) is 0 Å². The molecule has 106 valence electrons. The van der Waals surface area contributed by atoms with Gasteiger partial charge in [-0.2, -0.15) is 0 Å². The number of rotatable bonds is 4. The van der Waals surface area contributed by atoms with Gasteiger partial charge in [0.15, 0.2) is 0 Å². The van der Waals surface area contributed by atoms with Crippen molar-refractivity contribution in [3.8, 4) is 0 Å². The molecule has 1 unspecified atom stereocenters. The zero-order valence-corrected chi connectivity index (χ0v) is 10.9. The number of nitrogens with one attached hydrogen (secondary N) is 1. The molecule has 1 aliphatic carbocycles. The van der Waals surface area contributed by atoms with Gasteiger partial charge in [-0.1, -0.05) is 25.7 Å². The first-order valence-corrected chi connectivity index (χ1v) is 6.37. The Morgan fingerprint density at radius 1 is 1.22 bits per heavy atom. The molecule has 0 aromatic carbocycles. The van der Waals surface area contributed by atoms with Gasteiger partial charge in [0, 0.05) is 6.04 Å². The molecule has 0 radical (unpaired) electrons. The molecule has 6 nitrogen and oxygen atoms in total. The van der Waals surface area contributed by atoms with Crippen molar-refractivity contribution in [2.24, 2.45) is 5.73 Å². The van der Waals surface area contributed by atoms with Crippen LogP contribution < -0.4 is 11.1 Å². The minimum absolute atomic E-state index is 0.116. The second-order valence-corrected chi connectivity index (χ2v) is 4.59. The molecule has 0 aromatic heterocycles. The second kappa shape index (κ2) is 9.85. The normalized spacial score (nSPS) is 18.1. The summed E-state index contributed by atoms with van der Waals surface area (Å²) in [6, 6.07) is -0.284. The van der Waals surface area contributed by atoms with Crippen molar-refractivity contribution in [1.82, 2.24) is 5.32 Å². The van der Waals surface area contributed by atoms with Crippen LogP contribution in [0, 0.1) is 0 Å². The lowest BCUT2D eigenvalue weighted by Crippen LogP contribution is -2.33. The van der Waals surface area contributed by atoms with Crippen LogP contribution in [0.1, 0.15) is 45.4 Å². The predicted octanol–water partition coefficient (Wildman–Crippen LogP) is 0.802. The topological polar surface area (TPSA) is 113 Å². The van der Waals surface area contributed by atoms with Crippen LogP contribution in [0.3, 0.4) is 0 Å². The number of hydrogen-bond donors (Lipinski definition) is 4. The van der Waals surface area contributed by atoms with Gasteiger partial charge in [0.25, 0.3) is 0 Å². The minimum atomic E-state index is -0.963. The van der Waals surface area contributed by atoms with Crippen molar-refractivity contribution >= 4 is 11.9 Å². The average molecular weight is 260 g/mol. The Balaban J connectivity index is 0.000000411. The molecule has 6 heteroatoms. The van der Waals surface area contributed by atoms with E-state index < -0.39 is 18.0 Å². The third-order valence-electron chi connectivity index (χ3n) is 2.79. The van der Waals surface area contributed by atoms with Crippen LogP contribution in [0.4, 0.5) is 0 Å². The highest BCUT2D eigenvalue weighted by Gasteiger charge is 2.11. The maximum absolute atomic E-state index is 10.3. The van der Waals surface area contributed by atoms with E-state index in [2.05, 4.69) is 5.32 Å². The molecule has 0 aliphatic heterocycles. The van der Waals surface area contributed by atoms with Crippen LogP contribution >= 0.6 is 0 Å². The van der Waals surface area contributed by atoms with Crippen molar-refractivity contribution in [2.45, 2.75) is 57.5 Å². The Bertz CT molecular complexity index is 248. The Labute approximate surface area is 108 Å². The summed E-state index contributed by atoms with van der Waals surface area (Å²) in [7, 11) is 0. The highest BCUT2D eigenvalue weighted by Crippen LogP contribution is 2.16. The summed E-state index contributed by atoms with van der Waals surface area (Å²) in [5, 5.41) is 19.4. The van der Waals surface area contributed by atoms with Crippen LogP contribution in [-0.2, 0) is 9.59 Å². The van der Waals surface area contributed by atoms with Crippen molar-refractivity contribution < 1.29 is 19.8 Å². The molecule has 1 rings (SSSR count). The van der Waals surface area contributed by atoms with Crippen molar-refractivity contribution in [1.29, 1.82) is 0 Å². The molecule has 0 heterocycles. The fourth-order valence-corrected chi connectivity index (χ4v) is 1.72. The van der Waals surface area contributed by atoms with Crippen molar-refractivity contribution in [3.63, 3.8) is 0 Å². The van der Waals surface area contributed by atoms with E-state index in [0.29, 0.717) is 6.04 Å². The SMILES string of the molecule is CC(N)C(=O)O.O=C(O)CNC1CCCCCC1. The smallest absolute Gasteiger partial charge is 0.320 e. The fourth-order valence-electron chi connectivity index (χ4n) is 1.72. The molecule has 0 aromatic rings. The standard InChI is InChI=1S/C9H17NO2.C3H7NO2/c11-9(12)7-10-8-5-3-1-2-4-6-8;1-2(4)3(5)6/h8,10H,1-7H2,(H,11,12);2H,4H2,1H3,(H,5,6). The predicted molar refractivity (Wildman–Crippen MR) is 68.4 cm³/mol. The monoisotopic (exact) mass is 260 g/mol. The number of hydrogen-bond acceptors (Lipinski definition) is 4. The van der Waals surface area contributed by atoms with E-state index in [0.717, 1.165) is 12.8 Å². The van der Waals surface area contributed by atoms with Gasteiger partial charge in [0.05, 0.1) is 6.54 Å². The average Bonchev–Trinajstić information content (AvgIpc) is 2.55. The molecule has 1 aliphatic rings. The molecule has 5 N–H and O–H groups in total. The zero-order chi connectivity index (χ0) is 14.0. The van der Waals surface area contributed by atoms with Gasteiger partial charge in [0.1, 0.15) is 6.04 Å². The third kappa shape index (κ3) is 10.0. The van der Waals surface area contributed by atoms with Crippen LogP contribution in [0.25, 0.3) is 0 Å². The van der Waals surface area contributed by atoms with E-state index in [4.69, 9.17) is 15.9 Å². The van der Waals surface area contributed by atoms with Crippen molar-refractivity contribution in [2.75, 3.05) is 6.54 Å². The fraction of sp³-hybridized carbons (Fsp3) is 0.833. The first-order chi connectivity index (χ1) is 8.43. The highest BCUT2D eigenvalue weighted by atomic mass is 16.4. The van der Waals surface area contributed by atoms with Gasteiger partial charge in [-0.05, 0) is 19.8 Å². The molecular formula is C12H24N2O4. The van der Waals surface area contributed by atoms with Gasteiger partial charge in [0.2, 0.25) is 0 Å². The molecule has 1 atom stereocenters. The Hall–Kier alpha value is -1.14. The van der Waals surface area contributed by atoms with E-state index >= 15 is 0 Å². The van der Waals surface area contributed by atoms with E-state index in [9.17, 15) is 9.59 Å². The summed E-state index contributed by atoms with van der Waals surface area (Å²) in [4.78, 5) is 19.8. The molecular weight excluding hydrogens is 236 g/mol. The molecule has 18 heavy (non-hydrogen) atoms. The first-order valence-electron chi connectivity index (χ1n) is 6.37. The van der Waals surface area contributed by atoms with Crippen LogP contribution in [0.2, 0.25) is 0 Å². The lowest BCUT2D eigenvalue weighted by molar-refractivity contribution is -0.138. The molecule has 0 amide bonds. The van der Waals surface area contributed by atoms with Crippen LogP contribution in [-0.4, -0.2) is 40.8 Å².